The molecule has 0 saturated heterocycles. The van der Waals surface area contributed by atoms with Crippen LogP contribution in [0.4, 0.5) is 0 Å². The summed E-state index contributed by atoms with van der Waals surface area (Å²) in [4.78, 5) is 0.213. The van der Waals surface area contributed by atoms with E-state index in [4.69, 9.17) is 0 Å². The predicted molar refractivity (Wildman–Crippen MR) is 58.8 cm³/mol. The Hall–Kier alpha value is -0.880. The lowest BCUT2D eigenvalue weighted by Crippen LogP contribution is -2.27. The van der Waals surface area contributed by atoms with Crippen LogP contribution in [0.25, 0.3) is 0 Å². The molecule has 1 heterocycles. The van der Waals surface area contributed by atoms with Crippen LogP contribution in [0.3, 0.4) is 0 Å². The number of aliphatic hydroxyl groups excluding tert-OH is 1. The number of nitrogens with zero attached hydrogens (tertiary/aromatic N) is 2. The SMILES string of the molecule is CS(=O)(=O)c1cnn(C2CCCCC2O)c1. The van der Waals surface area contributed by atoms with Gasteiger partial charge in [-0.2, -0.15) is 5.10 Å². The van der Waals surface area contributed by atoms with Crippen molar-refractivity contribution >= 4 is 9.84 Å². The average Bonchev–Trinajstić information content (AvgIpc) is 2.66. The summed E-state index contributed by atoms with van der Waals surface area (Å²) >= 11 is 0. The van der Waals surface area contributed by atoms with Gasteiger partial charge in [0.1, 0.15) is 4.90 Å². The van der Waals surface area contributed by atoms with Crippen LogP contribution in [-0.4, -0.2) is 35.7 Å². The summed E-state index contributed by atoms with van der Waals surface area (Å²) in [5.41, 5.74) is 0. The molecule has 1 aromatic rings. The Kier molecular flexibility index (Phi) is 3.03. The first-order valence-electron chi connectivity index (χ1n) is 5.41. The summed E-state index contributed by atoms with van der Waals surface area (Å²) in [5, 5.41) is 13.9. The van der Waals surface area contributed by atoms with Crippen LogP contribution in [0.1, 0.15) is 31.7 Å². The Bertz CT molecular complexity index is 466. The standard InChI is InChI=1S/C10H16N2O3S/c1-16(14,15)8-6-11-12(7-8)9-4-2-3-5-10(9)13/h6-7,9-10,13H,2-5H2,1H3. The van der Waals surface area contributed by atoms with E-state index in [0.29, 0.717) is 0 Å². The highest BCUT2D eigenvalue weighted by atomic mass is 32.2. The number of hydrogen-bond donors (Lipinski definition) is 1. The minimum Gasteiger partial charge on any atom is -0.391 e. The Morgan fingerprint density at radius 1 is 1.44 bits per heavy atom. The van der Waals surface area contributed by atoms with E-state index in [-0.39, 0.29) is 10.9 Å². The molecule has 1 aliphatic rings. The minimum absolute atomic E-state index is 0.0794. The molecule has 0 aliphatic heterocycles. The number of rotatable bonds is 2. The first kappa shape index (κ1) is 11.6. The molecular weight excluding hydrogens is 228 g/mol. The van der Waals surface area contributed by atoms with Crippen molar-refractivity contribution < 1.29 is 13.5 Å². The molecule has 0 radical (unpaired) electrons. The maximum atomic E-state index is 11.3. The molecule has 0 bridgehead atoms. The third-order valence-corrected chi connectivity index (χ3v) is 4.11. The van der Waals surface area contributed by atoms with Gasteiger partial charge in [0, 0.05) is 12.5 Å². The van der Waals surface area contributed by atoms with E-state index >= 15 is 0 Å². The first-order valence-corrected chi connectivity index (χ1v) is 7.30. The predicted octanol–water partition coefficient (Wildman–Crippen LogP) is 0.763. The van der Waals surface area contributed by atoms with Crippen LogP contribution < -0.4 is 0 Å². The van der Waals surface area contributed by atoms with Gasteiger partial charge in [0.2, 0.25) is 0 Å². The normalized spacial score (nSPS) is 26.9. The summed E-state index contributed by atoms with van der Waals surface area (Å²) in [6.45, 7) is 0. The van der Waals surface area contributed by atoms with E-state index in [1.165, 1.54) is 12.4 Å². The number of aliphatic hydroxyl groups is 1. The molecule has 16 heavy (non-hydrogen) atoms. The van der Waals surface area contributed by atoms with Crippen molar-refractivity contribution in [2.24, 2.45) is 0 Å². The van der Waals surface area contributed by atoms with Crippen molar-refractivity contribution in [1.82, 2.24) is 9.78 Å². The zero-order valence-corrected chi connectivity index (χ0v) is 10.0. The van der Waals surface area contributed by atoms with Gasteiger partial charge in [-0.15, -0.1) is 0 Å². The van der Waals surface area contributed by atoms with E-state index < -0.39 is 15.9 Å². The molecule has 1 fully saturated rings. The van der Waals surface area contributed by atoms with Crippen molar-refractivity contribution in [3.8, 4) is 0 Å². The van der Waals surface area contributed by atoms with Gasteiger partial charge in [-0.3, -0.25) is 4.68 Å². The second-order valence-electron chi connectivity index (χ2n) is 4.35. The maximum Gasteiger partial charge on any atom is 0.178 e. The molecule has 2 atom stereocenters. The van der Waals surface area contributed by atoms with Gasteiger partial charge in [0.05, 0.1) is 18.3 Å². The van der Waals surface area contributed by atoms with Crippen LogP contribution >= 0.6 is 0 Å². The van der Waals surface area contributed by atoms with Crippen LogP contribution in [0.15, 0.2) is 17.3 Å². The molecule has 1 N–H and O–H groups in total. The van der Waals surface area contributed by atoms with Crippen LogP contribution in [0.2, 0.25) is 0 Å². The minimum atomic E-state index is -3.20. The largest absolute Gasteiger partial charge is 0.391 e. The molecular formula is C10H16N2O3S. The highest BCUT2D eigenvalue weighted by Crippen LogP contribution is 2.28. The summed E-state index contributed by atoms with van der Waals surface area (Å²) in [7, 11) is -3.20. The molecule has 2 rings (SSSR count). The number of sulfone groups is 1. The summed E-state index contributed by atoms with van der Waals surface area (Å²) in [6, 6.07) is -0.0794. The summed E-state index contributed by atoms with van der Waals surface area (Å²) in [6.07, 6.45) is 7.29. The van der Waals surface area contributed by atoms with E-state index in [1.807, 2.05) is 0 Å². The van der Waals surface area contributed by atoms with E-state index in [1.54, 1.807) is 4.68 Å². The van der Waals surface area contributed by atoms with Crippen molar-refractivity contribution in [1.29, 1.82) is 0 Å². The maximum absolute atomic E-state index is 11.3. The van der Waals surface area contributed by atoms with Gasteiger partial charge in [-0.1, -0.05) is 12.8 Å². The van der Waals surface area contributed by atoms with Gasteiger partial charge in [0.15, 0.2) is 9.84 Å². The smallest absolute Gasteiger partial charge is 0.178 e. The van der Waals surface area contributed by atoms with Crippen LogP contribution in [-0.2, 0) is 9.84 Å². The molecule has 90 valence electrons. The molecule has 5 nitrogen and oxygen atoms in total. The zero-order valence-electron chi connectivity index (χ0n) is 9.20. The Labute approximate surface area is 95.0 Å². The lowest BCUT2D eigenvalue weighted by Gasteiger charge is -2.27. The molecule has 0 aromatic carbocycles. The molecule has 1 aromatic heterocycles. The highest BCUT2D eigenvalue weighted by molar-refractivity contribution is 7.90. The van der Waals surface area contributed by atoms with E-state index in [9.17, 15) is 13.5 Å². The molecule has 1 saturated carbocycles. The monoisotopic (exact) mass is 244 g/mol. The number of aromatic nitrogens is 2. The van der Waals surface area contributed by atoms with E-state index in [2.05, 4.69) is 5.10 Å². The van der Waals surface area contributed by atoms with Crippen molar-refractivity contribution in [2.75, 3.05) is 6.26 Å². The molecule has 0 amide bonds. The van der Waals surface area contributed by atoms with Gasteiger partial charge in [-0.05, 0) is 12.8 Å². The zero-order chi connectivity index (χ0) is 11.8. The summed E-state index contributed by atoms with van der Waals surface area (Å²) in [5.74, 6) is 0. The highest BCUT2D eigenvalue weighted by Gasteiger charge is 2.25. The Balaban J connectivity index is 2.24. The third-order valence-electron chi connectivity index (χ3n) is 3.04. The lowest BCUT2D eigenvalue weighted by atomic mass is 9.93. The average molecular weight is 244 g/mol. The summed E-state index contributed by atoms with van der Waals surface area (Å²) < 4.78 is 24.2. The second kappa shape index (κ2) is 4.18. The van der Waals surface area contributed by atoms with Gasteiger partial charge >= 0.3 is 0 Å². The van der Waals surface area contributed by atoms with Crippen molar-refractivity contribution in [3.63, 3.8) is 0 Å². The third kappa shape index (κ3) is 2.27. The van der Waals surface area contributed by atoms with Crippen LogP contribution in [0.5, 0.6) is 0 Å². The molecule has 6 heteroatoms. The Morgan fingerprint density at radius 3 is 2.69 bits per heavy atom. The van der Waals surface area contributed by atoms with Crippen LogP contribution in [0, 0.1) is 0 Å². The van der Waals surface area contributed by atoms with Crippen molar-refractivity contribution in [2.45, 2.75) is 42.7 Å². The Morgan fingerprint density at radius 2 is 2.12 bits per heavy atom. The number of hydrogen-bond acceptors (Lipinski definition) is 4. The fourth-order valence-corrected chi connectivity index (χ4v) is 2.63. The first-order chi connectivity index (χ1) is 7.48. The fourth-order valence-electron chi connectivity index (χ4n) is 2.09. The van der Waals surface area contributed by atoms with Gasteiger partial charge in [0.25, 0.3) is 0 Å². The van der Waals surface area contributed by atoms with Gasteiger partial charge in [-0.25, -0.2) is 8.42 Å². The molecule has 2 unspecified atom stereocenters. The quantitative estimate of drug-likeness (QED) is 0.833. The van der Waals surface area contributed by atoms with Gasteiger partial charge < -0.3 is 5.11 Å². The molecule has 1 aliphatic carbocycles. The fraction of sp³-hybridized carbons (Fsp3) is 0.700. The van der Waals surface area contributed by atoms with E-state index in [0.717, 1.165) is 31.9 Å². The molecule has 0 spiro atoms. The topological polar surface area (TPSA) is 72.2 Å². The second-order valence-corrected chi connectivity index (χ2v) is 6.36. The van der Waals surface area contributed by atoms with Crippen molar-refractivity contribution in [3.05, 3.63) is 12.4 Å². The lowest BCUT2D eigenvalue weighted by molar-refractivity contribution is 0.0693.